The Morgan fingerprint density at radius 1 is 1.10 bits per heavy atom. The van der Waals surface area contributed by atoms with E-state index in [-0.39, 0.29) is 17.9 Å². The first-order valence-electron chi connectivity index (χ1n) is 6.29. The molecule has 0 aliphatic heterocycles. The predicted molar refractivity (Wildman–Crippen MR) is 87.8 cm³/mol. The first-order valence-corrected chi connectivity index (χ1v) is 7.05. The molecular formula is C14H22Cl3NO2. The summed E-state index contributed by atoms with van der Waals surface area (Å²) < 4.78 is 11.0. The fraction of sp³-hybridized carbons (Fsp3) is 0.571. The van der Waals surface area contributed by atoms with Crippen molar-refractivity contribution in [3.63, 3.8) is 0 Å². The first-order chi connectivity index (χ1) is 8.88. The summed E-state index contributed by atoms with van der Waals surface area (Å²) in [5.74, 6) is 0.589. The minimum Gasteiger partial charge on any atom is -0.490 e. The van der Waals surface area contributed by atoms with Gasteiger partial charge in [-0.3, -0.25) is 0 Å². The van der Waals surface area contributed by atoms with E-state index < -0.39 is 0 Å². The number of rotatable bonds is 7. The summed E-state index contributed by atoms with van der Waals surface area (Å²) in [6.07, 6.45) is 0. The van der Waals surface area contributed by atoms with E-state index in [2.05, 4.69) is 26.1 Å². The van der Waals surface area contributed by atoms with Crippen LogP contribution in [0.25, 0.3) is 0 Å². The van der Waals surface area contributed by atoms with E-state index >= 15 is 0 Å². The highest BCUT2D eigenvalue weighted by Crippen LogP contribution is 2.27. The standard InChI is InChI=1S/C14H21Cl2NO2.ClH/c1-14(2,3)17-6-7-18-8-9-19-13-10-11(15)4-5-12(13)16;/h4-5,10,17H,6-9H2,1-3H3;1H. The minimum atomic E-state index is 0. The van der Waals surface area contributed by atoms with Gasteiger partial charge < -0.3 is 14.8 Å². The fourth-order valence-corrected chi connectivity index (χ4v) is 1.73. The van der Waals surface area contributed by atoms with Gasteiger partial charge in [0.25, 0.3) is 0 Å². The molecule has 1 aromatic rings. The highest BCUT2D eigenvalue weighted by Gasteiger charge is 2.07. The third kappa shape index (κ3) is 8.88. The molecule has 1 rings (SSSR count). The van der Waals surface area contributed by atoms with E-state index in [9.17, 15) is 0 Å². The molecule has 1 N–H and O–H groups in total. The average molecular weight is 343 g/mol. The molecule has 116 valence electrons. The van der Waals surface area contributed by atoms with E-state index in [1.54, 1.807) is 18.2 Å². The molecule has 0 spiro atoms. The van der Waals surface area contributed by atoms with Crippen molar-refractivity contribution in [2.45, 2.75) is 26.3 Å². The van der Waals surface area contributed by atoms with Crippen molar-refractivity contribution < 1.29 is 9.47 Å². The van der Waals surface area contributed by atoms with Gasteiger partial charge in [0.05, 0.1) is 18.2 Å². The van der Waals surface area contributed by atoms with Crippen molar-refractivity contribution in [1.82, 2.24) is 5.32 Å². The lowest BCUT2D eigenvalue weighted by molar-refractivity contribution is 0.0985. The van der Waals surface area contributed by atoms with Crippen LogP contribution in [0.2, 0.25) is 10.0 Å². The molecule has 1 aromatic carbocycles. The summed E-state index contributed by atoms with van der Waals surface area (Å²) in [5, 5.41) is 4.50. The number of hydrogen-bond acceptors (Lipinski definition) is 3. The summed E-state index contributed by atoms with van der Waals surface area (Å²) in [6.45, 7) is 8.82. The zero-order chi connectivity index (χ0) is 14.3. The molecular weight excluding hydrogens is 321 g/mol. The largest absolute Gasteiger partial charge is 0.490 e. The van der Waals surface area contributed by atoms with Crippen molar-refractivity contribution in [3.05, 3.63) is 28.2 Å². The number of halogens is 3. The van der Waals surface area contributed by atoms with Gasteiger partial charge in [-0.05, 0) is 32.9 Å². The number of benzene rings is 1. The van der Waals surface area contributed by atoms with Gasteiger partial charge in [0.15, 0.2) is 0 Å². The predicted octanol–water partition coefficient (Wildman–Crippen LogP) is 4.20. The quantitative estimate of drug-likeness (QED) is 0.753. The molecule has 0 saturated heterocycles. The summed E-state index contributed by atoms with van der Waals surface area (Å²) in [5.41, 5.74) is 0.119. The molecule has 0 aliphatic carbocycles. The second-order valence-corrected chi connectivity index (χ2v) is 6.06. The van der Waals surface area contributed by atoms with Crippen LogP contribution < -0.4 is 10.1 Å². The van der Waals surface area contributed by atoms with E-state index in [1.807, 2.05) is 0 Å². The molecule has 3 nitrogen and oxygen atoms in total. The lowest BCUT2D eigenvalue weighted by Gasteiger charge is -2.20. The summed E-state index contributed by atoms with van der Waals surface area (Å²) >= 11 is 11.8. The molecule has 0 heterocycles. The Morgan fingerprint density at radius 3 is 2.45 bits per heavy atom. The first kappa shape index (κ1) is 19.8. The zero-order valence-electron chi connectivity index (χ0n) is 12.0. The second-order valence-electron chi connectivity index (χ2n) is 5.21. The van der Waals surface area contributed by atoms with Crippen LogP contribution in [0, 0.1) is 0 Å². The summed E-state index contributed by atoms with van der Waals surface area (Å²) in [4.78, 5) is 0. The van der Waals surface area contributed by atoms with Crippen LogP contribution in [-0.2, 0) is 4.74 Å². The van der Waals surface area contributed by atoms with Crippen molar-refractivity contribution in [2.24, 2.45) is 0 Å². The fourth-order valence-electron chi connectivity index (χ4n) is 1.40. The van der Waals surface area contributed by atoms with Crippen LogP contribution in [0.15, 0.2) is 18.2 Å². The Bertz CT molecular complexity index is 394. The van der Waals surface area contributed by atoms with E-state index in [0.717, 1.165) is 6.54 Å². The van der Waals surface area contributed by atoms with Gasteiger partial charge in [-0.25, -0.2) is 0 Å². The Hall–Kier alpha value is -0.190. The molecule has 20 heavy (non-hydrogen) atoms. The van der Waals surface area contributed by atoms with Crippen LogP contribution >= 0.6 is 35.6 Å². The number of ether oxygens (including phenoxy) is 2. The second kappa shape index (κ2) is 9.69. The van der Waals surface area contributed by atoms with Crippen LogP contribution in [0.1, 0.15) is 20.8 Å². The Kier molecular flexibility index (Phi) is 9.60. The smallest absolute Gasteiger partial charge is 0.139 e. The average Bonchev–Trinajstić information content (AvgIpc) is 2.31. The molecule has 0 aromatic heterocycles. The maximum atomic E-state index is 5.97. The molecule has 6 heteroatoms. The SMILES string of the molecule is CC(C)(C)NCCOCCOc1cc(Cl)ccc1Cl.Cl. The number of nitrogens with one attached hydrogen (secondary N) is 1. The molecule has 0 fully saturated rings. The molecule has 0 bridgehead atoms. The lowest BCUT2D eigenvalue weighted by Crippen LogP contribution is -2.38. The van der Waals surface area contributed by atoms with Gasteiger partial charge in [-0.1, -0.05) is 23.2 Å². The topological polar surface area (TPSA) is 30.5 Å². The highest BCUT2D eigenvalue weighted by atomic mass is 35.5. The van der Waals surface area contributed by atoms with Crippen molar-refractivity contribution >= 4 is 35.6 Å². The highest BCUT2D eigenvalue weighted by molar-refractivity contribution is 6.34. The van der Waals surface area contributed by atoms with Gasteiger partial charge in [0, 0.05) is 23.2 Å². The van der Waals surface area contributed by atoms with E-state index in [0.29, 0.717) is 35.6 Å². The normalized spacial score (nSPS) is 11.1. The van der Waals surface area contributed by atoms with E-state index in [4.69, 9.17) is 32.7 Å². The Morgan fingerprint density at radius 2 is 1.80 bits per heavy atom. The maximum absolute atomic E-state index is 5.97. The molecule has 0 amide bonds. The van der Waals surface area contributed by atoms with Gasteiger partial charge >= 0.3 is 0 Å². The lowest BCUT2D eigenvalue weighted by atomic mass is 10.1. The zero-order valence-corrected chi connectivity index (χ0v) is 14.4. The van der Waals surface area contributed by atoms with Gasteiger partial charge in [-0.15, -0.1) is 12.4 Å². The molecule has 0 aliphatic rings. The van der Waals surface area contributed by atoms with Crippen LogP contribution in [0.3, 0.4) is 0 Å². The molecule has 0 radical (unpaired) electrons. The van der Waals surface area contributed by atoms with Crippen LogP contribution in [0.5, 0.6) is 5.75 Å². The van der Waals surface area contributed by atoms with Crippen molar-refractivity contribution in [3.8, 4) is 5.75 Å². The summed E-state index contributed by atoms with van der Waals surface area (Å²) in [6, 6.07) is 5.14. The minimum absolute atomic E-state index is 0. The molecule has 0 atom stereocenters. The third-order valence-electron chi connectivity index (χ3n) is 2.28. The molecule has 0 saturated carbocycles. The van der Waals surface area contributed by atoms with Crippen molar-refractivity contribution in [2.75, 3.05) is 26.4 Å². The van der Waals surface area contributed by atoms with Gasteiger partial charge in [0.1, 0.15) is 12.4 Å². The monoisotopic (exact) mass is 341 g/mol. The van der Waals surface area contributed by atoms with E-state index in [1.165, 1.54) is 0 Å². The Labute approximate surface area is 137 Å². The Balaban J connectivity index is 0.00000361. The van der Waals surface area contributed by atoms with Gasteiger partial charge in [-0.2, -0.15) is 0 Å². The maximum Gasteiger partial charge on any atom is 0.139 e. The molecule has 0 unspecified atom stereocenters. The number of hydrogen-bond donors (Lipinski definition) is 1. The van der Waals surface area contributed by atoms with Gasteiger partial charge in [0.2, 0.25) is 0 Å². The van der Waals surface area contributed by atoms with Crippen LogP contribution in [0.4, 0.5) is 0 Å². The van der Waals surface area contributed by atoms with Crippen LogP contribution in [-0.4, -0.2) is 31.9 Å². The summed E-state index contributed by atoms with van der Waals surface area (Å²) in [7, 11) is 0. The van der Waals surface area contributed by atoms with Crippen molar-refractivity contribution in [1.29, 1.82) is 0 Å². The third-order valence-corrected chi connectivity index (χ3v) is 2.83.